The molecule has 0 radical (unpaired) electrons. The quantitative estimate of drug-likeness (QED) is 0.770. The van der Waals surface area contributed by atoms with E-state index < -0.39 is 23.8 Å². The van der Waals surface area contributed by atoms with Crippen molar-refractivity contribution in [3.8, 4) is 0 Å². The molecule has 0 atom stereocenters. The van der Waals surface area contributed by atoms with Gasteiger partial charge >= 0.3 is 11.9 Å². The van der Waals surface area contributed by atoms with Crippen molar-refractivity contribution in [2.45, 2.75) is 6.92 Å². The van der Waals surface area contributed by atoms with Gasteiger partial charge in [0.1, 0.15) is 0 Å². The molecule has 1 aromatic carbocycles. The fraction of sp³-hybridized carbons (Fsp3) is 0.250. The lowest BCUT2D eigenvalue weighted by molar-refractivity contribution is -0.157. The molecule has 0 aliphatic rings. The van der Waals surface area contributed by atoms with Crippen LogP contribution in [-0.4, -0.2) is 35.1 Å². The topological polar surface area (TPSA) is 94.9 Å². The van der Waals surface area contributed by atoms with Crippen molar-refractivity contribution in [1.82, 2.24) is 0 Å². The van der Waals surface area contributed by atoms with Crippen LogP contribution >= 0.6 is 0 Å². The maximum atomic E-state index is 11.8. The molecule has 6 nitrogen and oxygen atoms in total. The smallest absolute Gasteiger partial charge is 0.327 e. The Balaban J connectivity index is 3.07. The third-order valence-electron chi connectivity index (χ3n) is 2.55. The summed E-state index contributed by atoms with van der Waals surface area (Å²) in [4.78, 5) is 34.4. The van der Waals surface area contributed by atoms with Crippen LogP contribution in [0.25, 0.3) is 0 Å². The molecular weight excluding hydrogens is 238 g/mol. The highest BCUT2D eigenvalue weighted by molar-refractivity contribution is 6.18. The number of para-hydroxylation sites is 1. The molecule has 18 heavy (non-hydrogen) atoms. The summed E-state index contributed by atoms with van der Waals surface area (Å²) in [6.45, 7) is 1.75. The lowest BCUT2D eigenvalue weighted by atomic mass is 10.1. The van der Waals surface area contributed by atoms with Crippen LogP contribution in [0.4, 0.5) is 5.69 Å². The second-order valence-electron chi connectivity index (χ2n) is 3.79. The minimum atomic E-state index is -2.09. The molecule has 0 saturated carbocycles. The lowest BCUT2D eigenvalue weighted by Gasteiger charge is -2.21. The van der Waals surface area contributed by atoms with Gasteiger partial charge in [0.05, 0.1) is 0 Å². The van der Waals surface area contributed by atoms with E-state index in [1.54, 1.807) is 31.2 Å². The van der Waals surface area contributed by atoms with E-state index in [0.29, 0.717) is 5.69 Å². The Bertz CT molecular complexity index is 483. The monoisotopic (exact) mass is 251 g/mol. The Hall–Kier alpha value is -2.37. The third kappa shape index (κ3) is 2.65. The molecule has 2 N–H and O–H groups in total. The molecular formula is C12H13NO5. The molecule has 0 aliphatic heterocycles. The number of hydrogen-bond donors (Lipinski definition) is 2. The number of carbonyl (C=O) groups excluding carboxylic acids is 1. The summed E-state index contributed by atoms with van der Waals surface area (Å²) in [6.07, 6.45) is 0. The second kappa shape index (κ2) is 5.31. The summed E-state index contributed by atoms with van der Waals surface area (Å²) >= 11 is 0. The molecule has 0 spiro atoms. The highest BCUT2D eigenvalue weighted by Crippen LogP contribution is 2.19. The molecule has 1 aromatic rings. The Morgan fingerprint density at radius 2 is 1.61 bits per heavy atom. The molecule has 1 rings (SSSR count). The standard InChI is InChI=1S/C12H13NO5/c1-7-5-3-4-6-8(7)13(2)10(14)9(11(15)16)12(17)18/h3-6,9H,1-2H3,(H,15,16)(H,17,18). The fourth-order valence-electron chi connectivity index (χ4n) is 1.57. The summed E-state index contributed by atoms with van der Waals surface area (Å²) in [5, 5.41) is 17.5. The molecule has 1 amide bonds. The van der Waals surface area contributed by atoms with E-state index in [9.17, 15) is 14.4 Å². The van der Waals surface area contributed by atoms with Gasteiger partial charge in [-0.15, -0.1) is 0 Å². The van der Waals surface area contributed by atoms with Crippen molar-refractivity contribution >= 4 is 23.5 Å². The highest BCUT2D eigenvalue weighted by atomic mass is 16.4. The van der Waals surface area contributed by atoms with Crippen molar-refractivity contribution in [2.24, 2.45) is 5.92 Å². The maximum Gasteiger partial charge on any atom is 0.327 e. The van der Waals surface area contributed by atoms with E-state index in [2.05, 4.69) is 0 Å². The van der Waals surface area contributed by atoms with Gasteiger partial charge in [-0.2, -0.15) is 0 Å². The van der Waals surface area contributed by atoms with Gasteiger partial charge in [0, 0.05) is 12.7 Å². The molecule has 0 unspecified atom stereocenters. The molecule has 0 fully saturated rings. The van der Waals surface area contributed by atoms with Gasteiger partial charge in [-0.1, -0.05) is 18.2 Å². The average molecular weight is 251 g/mol. The van der Waals surface area contributed by atoms with E-state index in [4.69, 9.17) is 10.2 Å². The first kappa shape index (κ1) is 13.7. The van der Waals surface area contributed by atoms with Crippen molar-refractivity contribution in [1.29, 1.82) is 0 Å². The largest absolute Gasteiger partial charge is 0.480 e. The summed E-state index contributed by atoms with van der Waals surface area (Å²) in [5.74, 6) is -6.42. The SMILES string of the molecule is Cc1ccccc1N(C)C(=O)C(C(=O)O)C(=O)O. The van der Waals surface area contributed by atoms with Gasteiger partial charge in [0.15, 0.2) is 0 Å². The van der Waals surface area contributed by atoms with Crippen LogP contribution in [0.5, 0.6) is 0 Å². The van der Waals surface area contributed by atoms with Gasteiger partial charge in [0.25, 0.3) is 5.91 Å². The maximum absolute atomic E-state index is 11.8. The number of carboxylic acids is 2. The van der Waals surface area contributed by atoms with Crippen LogP contribution in [0.15, 0.2) is 24.3 Å². The van der Waals surface area contributed by atoms with E-state index in [1.165, 1.54) is 7.05 Å². The van der Waals surface area contributed by atoms with Crippen LogP contribution in [0.3, 0.4) is 0 Å². The minimum absolute atomic E-state index is 0.481. The molecule has 0 aliphatic carbocycles. The molecule has 0 heterocycles. The first-order valence-corrected chi connectivity index (χ1v) is 5.15. The highest BCUT2D eigenvalue weighted by Gasteiger charge is 2.36. The first-order chi connectivity index (χ1) is 8.36. The number of amides is 1. The number of carboxylic acid groups (broad SMARTS) is 2. The Morgan fingerprint density at radius 3 is 2.06 bits per heavy atom. The summed E-state index contributed by atoms with van der Waals surface area (Å²) in [7, 11) is 1.35. The van der Waals surface area contributed by atoms with Gasteiger partial charge in [-0.3, -0.25) is 14.4 Å². The van der Waals surface area contributed by atoms with E-state index in [0.717, 1.165) is 10.5 Å². The van der Waals surface area contributed by atoms with Crippen molar-refractivity contribution in [2.75, 3.05) is 11.9 Å². The van der Waals surface area contributed by atoms with E-state index in [-0.39, 0.29) is 0 Å². The van der Waals surface area contributed by atoms with Gasteiger partial charge in [-0.05, 0) is 18.6 Å². The first-order valence-electron chi connectivity index (χ1n) is 5.15. The van der Waals surface area contributed by atoms with Crippen molar-refractivity contribution in [3.63, 3.8) is 0 Å². The minimum Gasteiger partial charge on any atom is -0.480 e. The van der Waals surface area contributed by atoms with Gasteiger partial charge < -0.3 is 15.1 Å². The molecule has 0 bridgehead atoms. The zero-order valence-electron chi connectivity index (χ0n) is 9.95. The number of aliphatic carboxylic acids is 2. The summed E-state index contributed by atoms with van der Waals surface area (Å²) in [6, 6.07) is 6.81. The number of benzene rings is 1. The van der Waals surface area contributed by atoms with E-state index in [1.807, 2.05) is 0 Å². The summed E-state index contributed by atoms with van der Waals surface area (Å²) < 4.78 is 0. The van der Waals surface area contributed by atoms with Gasteiger partial charge in [-0.25, -0.2) is 0 Å². The molecule has 6 heteroatoms. The normalized spacial score (nSPS) is 10.2. The molecule has 0 saturated heterocycles. The predicted molar refractivity (Wildman–Crippen MR) is 63.4 cm³/mol. The average Bonchev–Trinajstić information content (AvgIpc) is 2.27. The Kier molecular flexibility index (Phi) is 4.04. The second-order valence-corrected chi connectivity index (χ2v) is 3.79. The number of aryl methyl sites for hydroxylation is 1. The number of anilines is 1. The number of nitrogens with zero attached hydrogens (tertiary/aromatic N) is 1. The lowest BCUT2D eigenvalue weighted by Crippen LogP contribution is -2.41. The van der Waals surface area contributed by atoms with Crippen LogP contribution in [0.1, 0.15) is 5.56 Å². The van der Waals surface area contributed by atoms with Gasteiger partial charge in [0.2, 0.25) is 5.92 Å². The third-order valence-corrected chi connectivity index (χ3v) is 2.55. The Labute approximate surface area is 103 Å². The molecule has 96 valence electrons. The van der Waals surface area contributed by atoms with Crippen molar-refractivity contribution < 1.29 is 24.6 Å². The fourth-order valence-corrected chi connectivity index (χ4v) is 1.57. The molecule has 0 aromatic heterocycles. The predicted octanol–water partition coefficient (Wildman–Crippen LogP) is 0.743. The van der Waals surface area contributed by atoms with Crippen LogP contribution in [0, 0.1) is 12.8 Å². The zero-order chi connectivity index (χ0) is 13.9. The summed E-state index contributed by atoms with van der Waals surface area (Å²) in [5.41, 5.74) is 1.23. The van der Waals surface area contributed by atoms with Crippen LogP contribution in [-0.2, 0) is 14.4 Å². The number of rotatable bonds is 4. The van der Waals surface area contributed by atoms with E-state index >= 15 is 0 Å². The zero-order valence-corrected chi connectivity index (χ0v) is 9.95. The van der Waals surface area contributed by atoms with Crippen LogP contribution < -0.4 is 4.90 Å². The Morgan fingerprint density at radius 1 is 1.11 bits per heavy atom. The number of hydrogen-bond acceptors (Lipinski definition) is 3. The van der Waals surface area contributed by atoms with Crippen LogP contribution in [0.2, 0.25) is 0 Å². The van der Waals surface area contributed by atoms with Crippen molar-refractivity contribution in [3.05, 3.63) is 29.8 Å². The number of carbonyl (C=O) groups is 3.